The maximum atomic E-state index is 12.0. The third-order valence-corrected chi connectivity index (χ3v) is 4.27. The van der Waals surface area contributed by atoms with Crippen LogP contribution in [-0.2, 0) is 9.53 Å². The zero-order valence-corrected chi connectivity index (χ0v) is 13.3. The van der Waals surface area contributed by atoms with Gasteiger partial charge in [0.05, 0.1) is 6.10 Å². The highest BCUT2D eigenvalue weighted by Gasteiger charge is 2.24. The van der Waals surface area contributed by atoms with Gasteiger partial charge in [0.15, 0.2) is 0 Å². The van der Waals surface area contributed by atoms with E-state index in [2.05, 4.69) is 17.6 Å². The molecule has 2 fully saturated rings. The van der Waals surface area contributed by atoms with Crippen LogP contribution < -0.4 is 10.6 Å². The van der Waals surface area contributed by atoms with Crippen LogP contribution in [0, 0.1) is 5.92 Å². The van der Waals surface area contributed by atoms with Crippen molar-refractivity contribution < 1.29 is 9.53 Å². The molecule has 2 atom stereocenters. The zero-order chi connectivity index (χ0) is 13.5. The number of piperidine rings is 1. The molecule has 2 aliphatic rings. The van der Waals surface area contributed by atoms with Crippen LogP contribution in [0.15, 0.2) is 0 Å². The van der Waals surface area contributed by atoms with E-state index in [4.69, 9.17) is 4.74 Å². The Morgan fingerprint density at radius 3 is 2.75 bits per heavy atom. The van der Waals surface area contributed by atoms with E-state index in [0.717, 1.165) is 39.0 Å². The predicted molar refractivity (Wildman–Crippen MR) is 83.3 cm³/mol. The third kappa shape index (κ3) is 5.98. The molecule has 2 N–H and O–H groups in total. The molecule has 1 saturated heterocycles. The lowest BCUT2D eigenvalue weighted by Gasteiger charge is -2.27. The number of ether oxygens (including phenoxy) is 1. The Kier molecular flexibility index (Phi) is 8.50. The maximum absolute atomic E-state index is 12.0. The molecule has 0 aromatic carbocycles. The van der Waals surface area contributed by atoms with Gasteiger partial charge in [-0.1, -0.05) is 12.8 Å². The first-order chi connectivity index (χ1) is 9.25. The smallest absolute Gasteiger partial charge is 0.223 e. The van der Waals surface area contributed by atoms with E-state index in [9.17, 15) is 4.79 Å². The first-order valence-electron chi connectivity index (χ1n) is 7.88. The van der Waals surface area contributed by atoms with Gasteiger partial charge < -0.3 is 15.4 Å². The number of carbonyl (C=O) groups is 1. The molecule has 0 radical (unpaired) electrons. The minimum Gasteiger partial charge on any atom is -0.378 e. The second-order valence-electron chi connectivity index (χ2n) is 6.00. The number of nitrogens with one attached hydrogen (secondary N) is 2. The molecule has 0 aromatic rings. The number of rotatable bonds is 6. The van der Waals surface area contributed by atoms with Crippen molar-refractivity contribution in [3.05, 3.63) is 0 Å². The number of amides is 1. The average Bonchev–Trinajstić information content (AvgIpc) is 2.91. The van der Waals surface area contributed by atoms with Crippen LogP contribution in [0.4, 0.5) is 0 Å². The minimum absolute atomic E-state index is 0. The molecular weight excluding hydrogens is 276 g/mol. The SMILES string of the molecule is C[C@H]1C[C@@H](C(=O)NCCCOC2CCCC2)CCN1.Cl. The van der Waals surface area contributed by atoms with Crippen LogP contribution in [0.2, 0.25) is 0 Å². The molecule has 1 aliphatic carbocycles. The van der Waals surface area contributed by atoms with Crippen molar-refractivity contribution in [3.8, 4) is 0 Å². The summed E-state index contributed by atoms with van der Waals surface area (Å²) in [5.74, 6) is 0.432. The van der Waals surface area contributed by atoms with Crippen LogP contribution in [0.5, 0.6) is 0 Å². The fourth-order valence-electron chi connectivity index (χ4n) is 3.10. The van der Waals surface area contributed by atoms with Crippen LogP contribution >= 0.6 is 12.4 Å². The quantitative estimate of drug-likeness (QED) is 0.740. The van der Waals surface area contributed by atoms with Gasteiger partial charge in [-0.3, -0.25) is 4.79 Å². The van der Waals surface area contributed by atoms with E-state index >= 15 is 0 Å². The number of hydrogen-bond donors (Lipinski definition) is 2. The van der Waals surface area contributed by atoms with E-state index < -0.39 is 0 Å². The molecule has 0 bridgehead atoms. The molecule has 2 rings (SSSR count). The minimum atomic E-state index is 0. The summed E-state index contributed by atoms with van der Waals surface area (Å²) in [7, 11) is 0. The highest BCUT2D eigenvalue weighted by atomic mass is 35.5. The van der Waals surface area contributed by atoms with Crippen molar-refractivity contribution >= 4 is 18.3 Å². The van der Waals surface area contributed by atoms with Crippen molar-refractivity contribution in [3.63, 3.8) is 0 Å². The number of halogens is 1. The molecule has 20 heavy (non-hydrogen) atoms. The molecule has 0 spiro atoms. The van der Waals surface area contributed by atoms with Gasteiger partial charge in [0.25, 0.3) is 0 Å². The Balaban J connectivity index is 0.00000200. The first kappa shape index (κ1) is 17.7. The van der Waals surface area contributed by atoms with Gasteiger partial charge in [0.1, 0.15) is 0 Å². The summed E-state index contributed by atoms with van der Waals surface area (Å²) in [6.07, 6.45) is 8.42. The van der Waals surface area contributed by atoms with Gasteiger partial charge in [-0.2, -0.15) is 0 Å². The van der Waals surface area contributed by atoms with Gasteiger partial charge in [-0.15, -0.1) is 12.4 Å². The lowest BCUT2D eigenvalue weighted by Crippen LogP contribution is -2.42. The lowest BCUT2D eigenvalue weighted by molar-refractivity contribution is -0.126. The van der Waals surface area contributed by atoms with Crippen molar-refractivity contribution in [2.24, 2.45) is 5.92 Å². The monoisotopic (exact) mass is 304 g/mol. The van der Waals surface area contributed by atoms with Crippen molar-refractivity contribution in [1.82, 2.24) is 10.6 Å². The molecule has 1 amide bonds. The predicted octanol–water partition coefficient (Wildman–Crippen LogP) is 2.26. The number of hydrogen-bond acceptors (Lipinski definition) is 3. The zero-order valence-electron chi connectivity index (χ0n) is 12.5. The Morgan fingerprint density at radius 1 is 1.30 bits per heavy atom. The van der Waals surface area contributed by atoms with Crippen LogP contribution in [0.3, 0.4) is 0 Å². The molecular formula is C15H29ClN2O2. The van der Waals surface area contributed by atoms with Crippen LogP contribution in [-0.4, -0.2) is 37.7 Å². The summed E-state index contributed by atoms with van der Waals surface area (Å²) >= 11 is 0. The van der Waals surface area contributed by atoms with Crippen LogP contribution in [0.1, 0.15) is 51.9 Å². The Hall–Kier alpha value is -0.320. The highest BCUT2D eigenvalue weighted by molar-refractivity contribution is 5.85. The third-order valence-electron chi connectivity index (χ3n) is 4.27. The van der Waals surface area contributed by atoms with E-state index in [0.29, 0.717) is 12.1 Å². The molecule has 0 unspecified atom stereocenters. The Bertz CT molecular complexity index is 283. The molecule has 118 valence electrons. The van der Waals surface area contributed by atoms with Gasteiger partial charge >= 0.3 is 0 Å². The standard InChI is InChI=1S/C15H28N2O2.ClH/c1-12-11-13(7-9-16-12)15(18)17-8-4-10-19-14-5-2-3-6-14;/h12-14,16H,2-11H2,1H3,(H,17,18);1H/t12-,13-;/m0./s1. The van der Waals surface area contributed by atoms with Crippen molar-refractivity contribution in [1.29, 1.82) is 0 Å². The normalized spacial score (nSPS) is 27.1. The molecule has 5 heteroatoms. The number of carbonyl (C=O) groups excluding carboxylic acids is 1. The van der Waals surface area contributed by atoms with E-state index in [1.165, 1.54) is 25.7 Å². The van der Waals surface area contributed by atoms with E-state index in [1.54, 1.807) is 0 Å². The fraction of sp³-hybridized carbons (Fsp3) is 0.933. The summed E-state index contributed by atoms with van der Waals surface area (Å²) in [6.45, 7) is 4.65. The average molecular weight is 305 g/mol. The van der Waals surface area contributed by atoms with Gasteiger partial charge in [0, 0.05) is 25.1 Å². The van der Waals surface area contributed by atoms with E-state index in [1.807, 2.05) is 0 Å². The summed E-state index contributed by atoms with van der Waals surface area (Å²) in [4.78, 5) is 12.0. The van der Waals surface area contributed by atoms with Crippen molar-refractivity contribution in [2.75, 3.05) is 19.7 Å². The first-order valence-corrected chi connectivity index (χ1v) is 7.88. The highest BCUT2D eigenvalue weighted by Crippen LogP contribution is 2.20. The Labute approximate surface area is 128 Å². The van der Waals surface area contributed by atoms with Crippen LogP contribution in [0.25, 0.3) is 0 Å². The topological polar surface area (TPSA) is 50.4 Å². The lowest BCUT2D eigenvalue weighted by atomic mass is 9.92. The van der Waals surface area contributed by atoms with Crippen molar-refractivity contribution in [2.45, 2.75) is 64.0 Å². The maximum Gasteiger partial charge on any atom is 0.223 e. The molecule has 1 heterocycles. The molecule has 1 saturated carbocycles. The summed E-state index contributed by atoms with van der Waals surface area (Å²) in [6, 6.07) is 0.468. The van der Waals surface area contributed by atoms with E-state index in [-0.39, 0.29) is 24.2 Å². The summed E-state index contributed by atoms with van der Waals surface area (Å²) in [5.41, 5.74) is 0. The fourth-order valence-corrected chi connectivity index (χ4v) is 3.10. The van der Waals surface area contributed by atoms with Gasteiger partial charge in [-0.25, -0.2) is 0 Å². The summed E-state index contributed by atoms with van der Waals surface area (Å²) < 4.78 is 5.79. The molecule has 1 aliphatic heterocycles. The van der Waals surface area contributed by atoms with Gasteiger partial charge in [0.2, 0.25) is 5.91 Å². The largest absolute Gasteiger partial charge is 0.378 e. The second kappa shape index (κ2) is 9.59. The summed E-state index contributed by atoms with van der Waals surface area (Å²) in [5, 5.41) is 6.43. The molecule has 4 nitrogen and oxygen atoms in total. The Morgan fingerprint density at radius 2 is 2.05 bits per heavy atom. The molecule has 0 aromatic heterocycles. The second-order valence-corrected chi connectivity index (χ2v) is 6.00. The van der Waals surface area contributed by atoms with Gasteiger partial charge in [-0.05, 0) is 45.6 Å².